The van der Waals surface area contributed by atoms with Crippen LogP contribution in [0.5, 0.6) is 0 Å². The van der Waals surface area contributed by atoms with Crippen LogP contribution in [0.2, 0.25) is 0 Å². The molecular formula is C25H35N3O3. The molecule has 6 atom stereocenters. The molecule has 6 nitrogen and oxygen atoms in total. The molecule has 6 heteroatoms. The van der Waals surface area contributed by atoms with Crippen molar-refractivity contribution in [3.63, 3.8) is 0 Å². The number of rotatable bonds is 5. The van der Waals surface area contributed by atoms with E-state index in [0.717, 1.165) is 61.6 Å². The van der Waals surface area contributed by atoms with Gasteiger partial charge in [0.05, 0.1) is 11.3 Å². The molecule has 1 aromatic heterocycles. The molecule has 0 radical (unpaired) electrons. The second-order valence-electron chi connectivity index (χ2n) is 10.6. The normalized spacial score (nSPS) is 34.4. The number of nitrogens with one attached hydrogen (secondary N) is 1. The molecule has 3 saturated carbocycles. The number of aryl methyl sites for hydroxylation is 1. The summed E-state index contributed by atoms with van der Waals surface area (Å²) in [6, 6.07) is 4.15. The van der Waals surface area contributed by atoms with Crippen LogP contribution in [0.15, 0.2) is 12.1 Å². The summed E-state index contributed by atoms with van der Waals surface area (Å²) in [6.45, 7) is 3.52. The summed E-state index contributed by atoms with van der Waals surface area (Å²) in [4.78, 5) is 31.1. The fourth-order valence-electron chi connectivity index (χ4n) is 7.13. The summed E-state index contributed by atoms with van der Waals surface area (Å²) in [5, 5.41) is 12.5. The molecule has 5 rings (SSSR count). The summed E-state index contributed by atoms with van der Waals surface area (Å²) in [5.41, 5.74) is 1.43. The highest BCUT2D eigenvalue weighted by atomic mass is 16.4. The first kappa shape index (κ1) is 20.8. The fourth-order valence-corrected chi connectivity index (χ4v) is 7.13. The number of aliphatic carboxylic acids is 1. The summed E-state index contributed by atoms with van der Waals surface area (Å²) >= 11 is 0. The van der Waals surface area contributed by atoms with Crippen LogP contribution in [0.3, 0.4) is 0 Å². The molecule has 2 heterocycles. The minimum absolute atomic E-state index is 0.0154. The molecule has 1 amide bonds. The molecule has 0 aromatic carbocycles. The van der Waals surface area contributed by atoms with Crippen LogP contribution in [-0.2, 0) is 4.79 Å². The van der Waals surface area contributed by atoms with Crippen molar-refractivity contribution in [3.05, 3.63) is 23.4 Å². The topological polar surface area (TPSA) is 82.5 Å². The Bertz CT molecular complexity index is 856. The highest BCUT2D eigenvalue weighted by Crippen LogP contribution is 2.53. The van der Waals surface area contributed by atoms with Gasteiger partial charge in [0, 0.05) is 25.6 Å². The highest BCUT2D eigenvalue weighted by Gasteiger charge is 2.45. The van der Waals surface area contributed by atoms with Crippen molar-refractivity contribution < 1.29 is 14.7 Å². The Morgan fingerprint density at radius 2 is 1.90 bits per heavy atom. The molecular weight excluding hydrogens is 390 g/mol. The van der Waals surface area contributed by atoms with Crippen LogP contribution in [0.25, 0.3) is 0 Å². The van der Waals surface area contributed by atoms with Gasteiger partial charge in [0.2, 0.25) is 0 Å². The Balaban J connectivity index is 1.24. The van der Waals surface area contributed by atoms with Crippen LogP contribution in [0, 0.1) is 36.5 Å². The number of pyridine rings is 1. The average Bonchev–Trinajstić information content (AvgIpc) is 2.96. The molecule has 4 aliphatic rings. The number of carbonyl (C=O) groups excluding carboxylic acids is 1. The molecule has 0 spiro atoms. The number of nitrogens with zero attached hydrogens (tertiary/aromatic N) is 2. The number of anilines is 1. The number of carboxylic acids is 1. The minimum Gasteiger partial charge on any atom is -0.481 e. The molecule has 1 aromatic rings. The molecule has 6 unspecified atom stereocenters. The van der Waals surface area contributed by atoms with E-state index in [9.17, 15) is 9.59 Å². The Morgan fingerprint density at radius 3 is 2.71 bits per heavy atom. The van der Waals surface area contributed by atoms with Gasteiger partial charge in [-0.2, -0.15) is 0 Å². The largest absolute Gasteiger partial charge is 0.481 e. The lowest BCUT2D eigenvalue weighted by Crippen LogP contribution is -2.42. The van der Waals surface area contributed by atoms with Gasteiger partial charge < -0.3 is 15.3 Å². The van der Waals surface area contributed by atoms with Crippen molar-refractivity contribution in [2.24, 2.45) is 29.6 Å². The van der Waals surface area contributed by atoms with Crippen LogP contribution >= 0.6 is 0 Å². The van der Waals surface area contributed by atoms with Gasteiger partial charge in [-0.05, 0) is 100 Å². The lowest BCUT2D eigenvalue weighted by Gasteiger charge is -2.34. The monoisotopic (exact) mass is 425 g/mol. The van der Waals surface area contributed by atoms with Crippen molar-refractivity contribution in [2.75, 3.05) is 18.0 Å². The van der Waals surface area contributed by atoms with E-state index in [2.05, 4.69) is 10.2 Å². The zero-order valence-electron chi connectivity index (χ0n) is 18.6. The summed E-state index contributed by atoms with van der Waals surface area (Å²) in [5.74, 6) is 3.64. The van der Waals surface area contributed by atoms with E-state index in [0.29, 0.717) is 17.5 Å². The number of aromatic nitrogens is 1. The maximum absolute atomic E-state index is 13.1. The SMILES string of the molecule is Cc1nc(N2CCCC(CC(=O)O)C2)ccc1C(=O)NC1CCC2CC3CC2CC1C3. The fraction of sp³-hybridized carbons (Fsp3) is 0.720. The average molecular weight is 426 g/mol. The van der Waals surface area contributed by atoms with E-state index in [1.807, 2.05) is 19.1 Å². The first-order valence-electron chi connectivity index (χ1n) is 12.2. The lowest BCUT2D eigenvalue weighted by molar-refractivity contribution is -0.138. The molecule has 3 aliphatic carbocycles. The van der Waals surface area contributed by atoms with E-state index >= 15 is 0 Å². The van der Waals surface area contributed by atoms with Gasteiger partial charge in [-0.1, -0.05) is 0 Å². The number of hydrogen-bond donors (Lipinski definition) is 2. The zero-order chi connectivity index (χ0) is 21.5. The quantitative estimate of drug-likeness (QED) is 0.744. The van der Waals surface area contributed by atoms with Crippen LogP contribution in [-0.4, -0.2) is 41.1 Å². The zero-order valence-corrected chi connectivity index (χ0v) is 18.6. The van der Waals surface area contributed by atoms with E-state index < -0.39 is 5.97 Å². The third kappa shape index (κ3) is 4.31. The van der Waals surface area contributed by atoms with Gasteiger partial charge in [-0.3, -0.25) is 9.59 Å². The Labute approximate surface area is 184 Å². The summed E-state index contributed by atoms with van der Waals surface area (Å²) in [6.07, 6.45) is 9.97. The number of carbonyl (C=O) groups is 2. The van der Waals surface area contributed by atoms with E-state index in [4.69, 9.17) is 10.1 Å². The Hall–Kier alpha value is -2.11. The number of piperidine rings is 1. The molecule has 168 valence electrons. The van der Waals surface area contributed by atoms with Gasteiger partial charge in [-0.15, -0.1) is 0 Å². The summed E-state index contributed by atoms with van der Waals surface area (Å²) < 4.78 is 0. The predicted octanol–water partition coefficient (Wildman–Crippen LogP) is 4.03. The Morgan fingerprint density at radius 1 is 1.10 bits per heavy atom. The van der Waals surface area contributed by atoms with Gasteiger partial charge >= 0.3 is 5.97 Å². The predicted molar refractivity (Wildman–Crippen MR) is 119 cm³/mol. The van der Waals surface area contributed by atoms with Gasteiger partial charge in [0.15, 0.2) is 0 Å². The second-order valence-corrected chi connectivity index (χ2v) is 10.6. The van der Waals surface area contributed by atoms with Crippen molar-refractivity contribution in [1.82, 2.24) is 10.3 Å². The summed E-state index contributed by atoms with van der Waals surface area (Å²) in [7, 11) is 0. The van der Waals surface area contributed by atoms with E-state index in [1.54, 1.807) is 0 Å². The maximum atomic E-state index is 13.1. The smallest absolute Gasteiger partial charge is 0.303 e. The first-order chi connectivity index (χ1) is 15.0. The van der Waals surface area contributed by atoms with Crippen LogP contribution < -0.4 is 10.2 Å². The van der Waals surface area contributed by atoms with Crippen LogP contribution in [0.4, 0.5) is 5.82 Å². The van der Waals surface area contributed by atoms with Gasteiger partial charge in [0.1, 0.15) is 5.82 Å². The number of fused-ring (bicyclic) bond motifs is 2. The highest BCUT2D eigenvalue weighted by molar-refractivity contribution is 5.95. The molecule has 1 aliphatic heterocycles. The second kappa shape index (κ2) is 8.44. The standard InChI is InChI=1S/C25H35N3O3/c1-15-21(5-7-23(26-15)28-8-2-3-16(14-28)12-24(29)30)25(31)27-22-6-4-18-9-17-10-19(18)13-20(22)11-17/h5,7,16-20,22H,2-4,6,8-14H2,1H3,(H,27,31)(H,29,30). The van der Waals surface area contributed by atoms with E-state index in [-0.39, 0.29) is 18.2 Å². The molecule has 4 fully saturated rings. The van der Waals surface area contributed by atoms with Crippen molar-refractivity contribution in [1.29, 1.82) is 0 Å². The van der Waals surface area contributed by atoms with Crippen LogP contribution in [0.1, 0.15) is 73.8 Å². The molecule has 31 heavy (non-hydrogen) atoms. The Kier molecular flexibility index (Phi) is 5.65. The molecule has 1 saturated heterocycles. The number of carboxylic acid groups (broad SMARTS) is 1. The number of hydrogen-bond acceptors (Lipinski definition) is 4. The van der Waals surface area contributed by atoms with Crippen molar-refractivity contribution in [2.45, 2.75) is 70.8 Å². The van der Waals surface area contributed by atoms with Gasteiger partial charge in [0.25, 0.3) is 5.91 Å². The van der Waals surface area contributed by atoms with Crippen molar-refractivity contribution in [3.8, 4) is 0 Å². The van der Waals surface area contributed by atoms with E-state index in [1.165, 1.54) is 32.1 Å². The number of amides is 1. The maximum Gasteiger partial charge on any atom is 0.303 e. The third-order valence-corrected chi connectivity index (χ3v) is 8.54. The lowest BCUT2D eigenvalue weighted by atomic mass is 9.77. The minimum atomic E-state index is -0.733. The van der Waals surface area contributed by atoms with Crippen molar-refractivity contribution >= 4 is 17.7 Å². The van der Waals surface area contributed by atoms with Gasteiger partial charge in [-0.25, -0.2) is 4.98 Å². The molecule has 2 N–H and O–H groups in total. The third-order valence-electron chi connectivity index (χ3n) is 8.54. The first-order valence-corrected chi connectivity index (χ1v) is 12.2. The molecule has 3 bridgehead atoms.